The number of nitrogens with one attached hydrogen (secondary N) is 2. The minimum absolute atomic E-state index is 0.471. The van der Waals surface area contributed by atoms with Crippen molar-refractivity contribution in [3.05, 3.63) is 36.0 Å². The highest BCUT2D eigenvalue weighted by Gasteiger charge is 2.00. The first kappa shape index (κ1) is 9.24. The number of aromatic amines is 1. The number of aromatic nitrogens is 1. The van der Waals surface area contributed by atoms with E-state index in [4.69, 9.17) is 5.11 Å². The molecule has 1 aromatic heterocycles. The predicted molar refractivity (Wildman–Crippen MR) is 56.8 cm³/mol. The van der Waals surface area contributed by atoms with Crippen molar-refractivity contribution in [2.24, 2.45) is 0 Å². The molecule has 1 unspecified atom stereocenters. The maximum absolute atomic E-state index is 9.06. The van der Waals surface area contributed by atoms with Crippen LogP contribution in [0.15, 0.2) is 30.3 Å². The maximum atomic E-state index is 9.06. The summed E-state index contributed by atoms with van der Waals surface area (Å²) in [6.07, 6.45) is -0.471. The van der Waals surface area contributed by atoms with Crippen molar-refractivity contribution in [1.29, 1.82) is 0 Å². The van der Waals surface area contributed by atoms with Gasteiger partial charge in [-0.15, -0.1) is 0 Å². The van der Waals surface area contributed by atoms with Gasteiger partial charge >= 0.3 is 0 Å². The molecule has 2 rings (SSSR count). The Morgan fingerprint density at radius 1 is 1.43 bits per heavy atom. The summed E-state index contributed by atoms with van der Waals surface area (Å²) in [6, 6.07) is 10.2. The zero-order chi connectivity index (χ0) is 9.97. The summed E-state index contributed by atoms with van der Waals surface area (Å²) in [5.74, 6) is 0. The fourth-order valence-electron chi connectivity index (χ4n) is 1.49. The fraction of sp³-hybridized carbons (Fsp3) is 0.273. The highest BCUT2D eigenvalue weighted by molar-refractivity contribution is 5.80. The first-order valence-electron chi connectivity index (χ1n) is 4.74. The predicted octanol–water partition coefficient (Wildman–Crippen LogP) is 1.60. The average Bonchev–Trinajstić information content (AvgIpc) is 2.57. The molecule has 3 heteroatoms. The molecule has 1 heterocycles. The van der Waals surface area contributed by atoms with Gasteiger partial charge in [-0.2, -0.15) is 0 Å². The molecule has 74 valence electrons. The summed E-state index contributed by atoms with van der Waals surface area (Å²) in [4.78, 5) is 3.28. The monoisotopic (exact) mass is 190 g/mol. The lowest BCUT2D eigenvalue weighted by atomic mass is 10.2. The van der Waals surface area contributed by atoms with Crippen molar-refractivity contribution in [3.8, 4) is 0 Å². The van der Waals surface area contributed by atoms with Crippen LogP contribution in [-0.4, -0.2) is 16.3 Å². The summed E-state index contributed by atoms with van der Waals surface area (Å²) in [6.45, 7) is 2.37. The Kier molecular flexibility index (Phi) is 2.52. The number of hydrogen-bond acceptors (Lipinski definition) is 2. The molecule has 0 bridgehead atoms. The van der Waals surface area contributed by atoms with Gasteiger partial charge in [0, 0.05) is 17.8 Å². The van der Waals surface area contributed by atoms with Crippen LogP contribution in [0.3, 0.4) is 0 Å². The lowest BCUT2D eigenvalue weighted by Crippen LogP contribution is -2.24. The normalized spacial score (nSPS) is 13.3. The minimum Gasteiger partial charge on any atom is -0.379 e. The van der Waals surface area contributed by atoms with E-state index in [0.29, 0.717) is 6.54 Å². The molecule has 0 saturated carbocycles. The van der Waals surface area contributed by atoms with Crippen LogP contribution in [0.25, 0.3) is 10.9 Å². The Labute approximate surface area is 82.8 Å². The van der Waals surface area contributed by atoms with E-state index in [0.717, 1.165) is 11.2 Å². The molecule has 1 aromatic carbocycles. The van der Waals surface area contributed by atoms with E-state index in [1.165, 1.54) is 5.39 Å². The first-order chi connectivity index (χ1) is 6.75. The minimum atomic E-state index is -0.471. The summed E-state index contributed by atoms with van der Waals surface area (Å²) in [5, 5.41) is 13.2. The second-order valence-corrected chi connectivity index (χ2v) is 3.44. The van der Waals surface area contributed by atoms with E-state index in [1.54, 1.807) is 6.92 Å². The van der Waals surface area contributed by atoms with Crippen molar-refractivity contribution in [1.82, 2.24) is 10.3 Å². The third-order valence-corrected chi connectivity index (χ3v) is 2.17. The Hall–Kier alpha value is -1.32. The number of rotatable bonds is 3. The number of benzene rings is 1. The average molecular weight is 190 g/mol. The summed E-state index contributed by atoms with van der Waals surface area (Å²) >= 11 is 0. The van der Waals surface area contributed by atoms with Crippen LogP contribution in [0.1, 0.15) is 12.6 Å². The van der Waals surface area contributed by atoms with Gasteiger partial charge in [0.15, 0.2) is 0 Å². The maximum Gasteiger partial charge on any atom is 0.102 e. The molecular formula is C11H14N2O. The zero-order valence-electron chi connectivity index (χ0n) is 8.12. The second-order valence-electron chi connectivity index (χ2n) is 3.44. The molecule has 0 aliphatic carbocycles. The molecule has 3 N–H and O–H groups in total. The summed E-state index contributed by atoms with van der Waals surface area (Å²) < 4.78 is 0. The molecule has 14 heavy (non-hydrogen) atoms. The van der Waals surface area contributed by atoms with Crippen molar-refractivity contribution in [3.63, 3.8) is 0 Å². The fourth-order valence-corrected chi connectivity index (χ4v) is 1.49. The van der Waals surface area contributed by atoms with Crippen molar-refractivity contribution >= 4 is 10.9 Å². The van der Waals surface area contributed by atoms with Crippen LogP contribution in [0, 0.1) is 0 Å². The SMILES string of the molecule is CC(O)NCc1cc2ccccc2[nH]1. The number of aliphatic hydroxyl groups is 1. The van der Waals surface area contributed by atoms with Gasteiger partial charge in [-0.25, -0.2) is 0 Å². The van der Waals surface area contributed by atoms with E-state index in [2.05, 4.69) is 22.4 Å². The van der Waals surface area contributed by atoms with Crippen molar-refractivity contribution in [2.75, 3.05) is 0 Å². The highest BCUT2D eigenvalue weighted by Crippen LogP contribution is 2.14. The molecule has 1 atom stereocenters. The molecule has 3 nitrogen and oxygen atoms in total. The molecule has 0 saturated heterocycles. The topological polar surface area (TPSA) is 48.0 Å². The first-order valence-corrected chi connectivity index (χ1v) is 4.74. The molecule has 2 aromatic rings. The van der Waals surface area contributed by atoms with Crippen LogP contribution in [0.5, 0.6) is 0 Å². The summed E-state index contributed by atoms with van der Waals surface area (Å²) in [7, 11) is 0. The van der Waals surface area contributed by atoms with Gasteiger partial charge in [0.1, 0.15) is 6.23 Å². The third-order valence-electron chi connectivity index (χ3n) is 2.17. The molecule has 0 radical (unpaired) electrons. The van der Waals surface area contributed by atoms with E-state index in [-0.39, 0.29) is 0 Å². The van der Waals surface area contributed by atoms with Crippen LogP contribution in [0.2, 0.25) is 0 Å². The zero-order valence-corrected chi connectivity index (χ0v) is 8.12. The smallest absolute Gasteiger partial charge is 0.102 e. The molecular weight excluding hydrogens is 176 g/mol. The van der Waals surface area contributed by atoms with E-state index in [9.17, 15) is 0 Å². The molecule has 0 spiro atoms. The Morgan fingerprint density at radius 3 is 2.93 bits per heavy atom. The van der Waals surface area contributed by atoms with Gasteiger partial charge in [0.25, 0.3) is 0 Å². The Morgan fingerprint density at radius 2 is 2.21 bits per heavy atom. The van der Waals surface area contributed by atoms with Crippen LogP contribution in [-0.2, 0) is 6.54 Å². The molecule has 0 amide bonds. The molecule has 0 aliphatic heterocycles. The van der Waals surface area contributed by atoms with Crippen LogP contribution in [0.4, 0.5) is 0 Å². The van der Waals surface area contributed by atoms with Gasteiger partial charge in [-0.3, -0.25) is 5.32 Å². The van der Waals surface area contributed by atoms with E-state index < -0.39 is 6.23 Å². The Balaban J connectivity index is 2.19. The van der Waals surface area contributed by atoms with Gasteiger partial charge in [-0.1, -0.05) is 18.2 Å². The largest absolute Gasteiger partial charge is 0.379 e. The van der Waals surface area contributed by atoms with Gasteiger partial charge in [0.2, 0.25) is 0 Å². The third kappa shape index (κ3) is 1.95. The van der Waals surface area contributed by atoms with Crippen LogP contribution >= 0.6 is 0 Å². The lowest BCUT2D eigenvalue weighted by molar-refractivity contribution is 0.154. The summed E-state index contributed by atoms with van der Waals surface area (Å²) in [5.41, 5.74) is 2.22. The van der Waals surface area contributed by atoms with E-state index in [1.807, 2.05) is 18.2 Å². The lowest BCUT2D eigenvalue weighted by Gasteiger charge is -2.04. The van der Waals surface area contributed by atoms with E-state index >= 15 is 0 Å². The quantitative estimate of drug-likeness (QED) is 0.644. The number of hydrogen-bond donors (Lipinski definition) is 3. The number of aliphatic hydroxyl groups excluding tert-OH is 1. The number of H-pyrrole nitrogens is 1. The van der Waals surface area contributed by atoms with Gasteiger partial charge in [0.05, 0.1) is 0 Å². The Bertz CT molecular complexity index is 387. The van der Waals surface area contributed by atoms with Gasteiger partial charge in [-0.05, 0) is 24.4 Å². The van der Waals surface area contributed by atoms with Crippen LogP contribution < -0.4 is 5.32 Å². The molecule has 0 fully saturated rings. The highest BCUT2D eigenvalue weighted by atomic mass is 16.3. The number of fused-ring (bicyclic) bond motifs is 1. The van der Waals surface area contributed by atoms with Gasteiger partial charge < -0.3 is 10.1 Å². The van der Waals surface area contributed by atoms with Crippen molar-refractivity contribution < 1.29 is 5.11 Å². The molecule has 0 aliphatic rings. The van der Waals surface area contributed by atoms with Crippen molar-refractivity contribution in [2.45, 2.75) is 19.7 Å². The second kappa shape index (κ2) is 3.82. The number of para-hydroxylation sites is 1. The standard InChI is InChI=1S/C11H14N2O/c1-8(14)12-7-10-6-9-4-2-3-5-11(9)13-10/h2-6,8,12-14H,7H2,1H3.